The minimum atomic E-state index is -0.187. The van der Waals surface area contributed by atoms with Gasteiger partial charge in [-0.1, -0.05) is 49.9 Å². The van der Waals surface area contributed by atoms with Crippen molar-refractivity contribution in [2.75, 3.05) is 0 Å². The summed E-state index contributed by atoms with van der Waals surface area (Å²) in [5, 5.41) is 9.55. The average Bonchev–Trinajstić information content (AvgIpc) is 2.75. The van der Waals surface area contributed by atoms with Crippen LogP contribution in [0.2, 0.25) is 0 Å². The van der Waals surface area contributed by atoms with E-state index in [4.69, 9.17) is 0 Å². The first-order valence-corrected chi connectivity index (χ1v) is 7.76. The van der Waals surface area contributed by atoms with Gasteiger partial charge in [0.25, 0.3) is 0 Å². The van der Waals surface area contributed by atoms with Crippen LogP contribution >= 0.6 is 0 Å². The molecule has 0 aliphatic heterocycles. The number of phenolic OH excluding ortho intramolecular Hbond substituents is 1. The van der Waals surface area contributed by atoms with Gasteiger partial charge in [-0.2, -0.15) is 0 Å². The summed E-state index contributed by atoms with van der Waals surface area (Å²) in [4.78, 5) is 0. The Morgan fingerprint density at radius 2 is 1.19 bits per heavy atom. The molecule has 1 N–H and O–H groups in total. The molecule has 0 bridgehead atoms. The van der Waals surface area contributed by atoms with Crippen molar-refractivity contribution in [3.63, 3.8) is 0 Å². The Bertz CT molecular complexity index is 530. The van der Waals surface area contributed by atoms with E-state index in [2.05, 4.69) is 0 Å². The Labute approximate surface area is 125 Å². The second-order valence-corrected chi connectivity index (χ2v) is 6.05. The maximum Gasteiger partial charge on any atom is 0.123 e. The van der Waals surface area contributed by atoms with E-state index in [9.17, 15) is 9.50 Å². The first kappa shape index (κ1) is 14.1. The van der Waals surface area contributed by atoms with Gasteiger partial charge in [-0.15, -0.1) is 0 Å². The quantitative estimate of drug-likeness (QED) is 0.754. The van der Waals surface area contributed by atoms with Crippen LogP contribution in [0, 0.1) is 5.82 Å². The summed E-state index contributed by atoms with van der Waals surface area (Å²) in [6.45, 7) is 0. The van der Waals surface area contributed by atoms with Crippen LogP contribution in [0.4, 0.5) is 4.39 Å². The van der Waals surface area contributed by atoms with Crippen molar-refractivity contribution in [1.82, 2.24) is 0 Å². The fraction of sp³-hybridized carbons (Fsp3) is 0.368. The lowest BCUT2D eigenvalue weighted by Gasteiger charge is -2.34. The van der Waals surface area contributed by atoms with Gasteiger partial charge < -0.3 is 5.11 Å². The predicted octanol–water partition coefficient (Wildman–Crippen LogP) is 5.17. The Kier molecular flexibility index (Phi) is 3.96. The molecule has 0 spiro atoms. The molecule has 1 aliphatic carbocycles. The molecule has 1 fully saturated rings. The Morgan fingerprint density at radius 1 is 0.714 bits per heavy atom. The lowest BCUT2D eigenvalue weighted by molar-refractivity contribution is 0.441. The average molecular weight is 284 g/mol. The second kappa shape index (κ2) is 5.88. The van der Waals surface area contributed by atoms with Gasteiger partial charge >= 0.3 is 0 Å². The van der Waals surface area contributed by atoms with Gasteiger partial charge in [-0.3, -0.25) is 0 Å². The summed E-state index contributed by atoms with van der Waals surface area (Å²) in [5.74, 6) is 0.106. The fourth-order valence-electron chi connectivity index (χ4n) is 3.63. The summed E-state index contributed by atoms with van der Waals surface area (Å²) in [6.07, 6.45) is 7.09. The lowest BCUT2D eigenvalue weighted by atomic mass is 9.69. The highest BCUT2D eigenvalue weighted by Gasteiger charge is 2.34. The topological polar surface area (TPSA) is 20.2 Å². The van der Waals surface area contributed by atoms with Crippen LogP contribution in [0.1, 0.15) is 49.7 Å². The van der Waals surface area contributed by atoms with E-state index in [1.54, 1.807) is 24.3 Å². The molecule has 0 saturated heterocycles. The maximum absolute atomic E-state index is 13.3. The Hall–Kier alpha value is -1.83. The van der Waals surface area contributed by atoms with E-state index in [0.29, 0.717) is 5.75 Å². The van der Waals surface area contributed by atoms with E-state index in [1.807, 2.05) is 24.3 Å². The lowest BCUT2D eigenvalue weighted by Crippen LogP contribution is -2.27. The van der Waals surface area contributed by atoms with Gasteiger partial charge in [0.2, 0.25) is 0 Å². The van der Waals surface area contributed by atoms with Gasteiger partial charge in [-0.25, -0.2) is 4.39 Å². The van der Waals surface area contributed by atoms with Crippen LogP contribution in [-0.2, 0) is 5.41 Å². The zero-order valence-electron chi connectivity index (χ0n) is 12.2. The van der Waals surface area contributed by atoms with Crippen LogP contribution in [0.3, 0.4) is 0 Å². The first-order chi connectivity index (χ1) is 10.2. The Balaban J connectivity index is 2.09. The molecule has 1 nitrogen and oxygen atoms in total. The number of rotatable bonds is 2. The second-order valence-electron chi connectivity index (χ2n) is 6.05. The summed E-state index contributed by atoms with van der Waals surface area (Å²) in [7, 11) is 0. The minimum absolute atomic E-state index is 0.0437. The van der Waals surface area contributed by atoms with Crippen molar-refractivity contribution in [1.29, 1.82) is 0 Å². The largest absolute Gasteiger partial charge is 0.508 e. The number of phenols is 1. The molecule has 1 aliphatic rings. The number of aromatic hydroxyl groups is 1. The standard InChI is InChI=1S/C19H21FO/c20-17-9-5-15(6-10-17)19(13-3-1-2-4-14-19)16-7-11-18(21)12-8-16/h5-12,21H,1-4,13-14H2. The highest BCUT2D eigenvalue weighted by molar-refractivity contribution is 5.41. The summed E-state index contributed by atoms with van der Waals surface area (Å²) >= 11 is 0. The molecule has 21 heavy (non-hydrogen) atoms. The number of benzene rings is 2. The highest BCUT2D eigenvalue weighted by atomic mass is 19.1. The molecule has 110 valence electrons. The zero-order valence-corrected chi connectivity index (χ0v) is 12.2. The molecule has 0 radical (unpaired) electrons. The highest BCUT2D eigenvalue weighted by Crippen LogP contribution is 2.44. The third-order valence-electron chi connectivity index (χ3n) is 4.77. The van der Waals surface area contributed by atoms with Crippen LogP contribution in [0.5, 0.6) is 5.75 Å². The number of hydrogen-bond acceptors (Lipinski definition) is 1. The van der Waals surface area contributed by atoms with E-state index in [1.165, 1.54) is 36.8 Å². The van der Waals surface area contributed by atoms with E-state index in [-0.39, 0.29) is 11.2 Å². The van der Waals surface area contributed by atoms with Gasteiger partial charge in [0.15, 0.2) is 0 Å². The molecular weight excluding hydrogens is 263 g/mol. The van der Waals surface area contributed by atoms with Crippen LogP contribution in [0.15, 0.2) is 48.5 Å². The van der Waals surface area contributed by atoms with Crippen molar-refractivity contribution in [3.05, 3.63) is 65.5 Å². The van der Waals surface area contributed by atoms with Crippen LogP contribution < -0.4 is 0 Å². The van der Waals surface area contributed by atoms with Crippen LogP contribution in [-0.4, -0.2) is 5.11 Å². The monoisotopic (exact) mass is 284 g/mol. The summed E-state index contributed by atoms with van der Waals surface area (Å²) < 4.78 is 13.3. The smallest absolute Gasteiger partial charge is 0.123 e. The zero-order chi connectivity index (χ0) is 14.7. The molecule has 0 unspecified atom stereocenters. The molecule has 1 saturated carbocycles. The van der Waals surface area contributed by atoms with Crippen LogP contribution in [0.25, 0.3) is 0 Å². The fourth-order valence-corrected chi connectivity index (χ4v) is 3.63. The van der Waals surface area contributed by atoms with Crippen molar-refractivity contribution < 1.29 is 9.50 Å². The first-order valence-electron chi connectivity index (χ1n) is 7.76. The third-order valence-corrected chi connectivity index (χ3v) is 4.77. The molecule has 3 rings (SSSR count). The minimum Gasteiger partial charge on any atom is -0.508 e. The summed E-state index contributed by atoms with van der Waals surface area (Å²) in [5.41, 5.74) is 2.38. The van der Waals surface area contributed by atoms with Gasteiger partial charge in [0.05, 0.1) is 0 Å². The van der Waals surface area contributed by atoms with Gasteiger partial charge in [-0.05, 0) is 48.2 Å². The van der Waals surface area contributed by atoms with Crippen molar-refractivity contribution >= 4 is 0 Å². The SMILES string of the molecule is Oc1ccc(C2(c3ccc(F)cc3)CCCCCC2)cc1. The number of hydrogen-bond donors (Lipinski definition) is 1. The molecular formula is C19H21FO. The summed E-state index contributed by atoms with van der Waals surface area (Å²) in [6, 6.07) is 14.5. The van der Waals surface area contributed by atoms with Crippen molar-refractivity contribution in [2.45, 2.75) is 43.9 Å². The van der Waals surface area contributed by atoms with Crippen molar-refractivity contribution in [2.24, 2.45) is 0 Å². The third kappa shape index (κ3) is 2.80. The van der Waals surface area contributed by atoms with E-state index in [0.717, 1.165) is 12.8 Å². The Morgan fingerprint density at radius 3 is 1.71 bits per heavy atom. The molecule has 2 aromatic carbocycles. The number of halogens is 1. The molecule has 0 amide bonds. The van der Waals surface area contributed by atoms with Gasteiger partial charge in [0.1, 0.15) is 11.6 Å². The molecule has 0 aromatic heterocycles. The normalized spacial score (nSPS) is 18.1. The molecule has 0 heterocycles. The molecule has 2 heteroatoms. The van der Waals surface area contributed by atoms with Crippen molar-refractivity contribution in [3.8, 4) is 5.75 Å². The molecule has 0 atom stereocenters. The maximum atomic E-state index is 13.3. The van der Waals surface area contributed by atoms with E-state index >= 15 is 0 Å². The van der Waals surface area contributed by atoms with E-state index < -0.39 is 0 Å². The van der Waals surface area contributed by atoms with Gasteiger partial charge in [0, 0.05) is 5.41 Å². The molecule has 2 aromatic rings. The predicted molar refractivity (Wildman–Crippen MR) is 83.0 cm³/mol.